The lowest BCUT2D eigenvalue weighted by Gasteiger charge is -2.17. The van der Waals surface area contributed by atoms with Crippen molar-refractivity contribution >= 4 is 10.0 Å². The summed E-state index contributed by atoms with van der Waals surface area (Å²) in [5.74, 6) is 0.271. The average Bonchev–Trinajstić information content (AvgIpc) is 2.27. The van der Waals surface area contributed by atoms with Gasteiger partial charge in [0.1, 0.15) is 0 Å². The number of rotatable bonds is 6. The van der Waals surface area contributed by atoms with Crippen LogP contribution in [0.4, 0.5) is 0 Å². The van der Waals surface area contributed by atoms with E-state index in [0.29, 0.717) is 6.54 Å². The molecule has 1 aromatic rings. The molecule has 0 heterocycles. The average molecular weight is 270 g/mol. The zero-order valence-electron chi connectivity index (χ0n) is 11.2. The van der Waals surface area contributed by atoms with Gasteiger partial charge in [0.05, 0.1) is 5.75 Å². The minimum absolute atomic E-state index is 0.00208. The topological polar surface area (TPSA) is 72.2 Å². The minimum atomic E-state index is -3.29. The van der Waals surface area contributed by atoms with Crippen LogP contribution in [-0.2, 0) is 22.3 Å². The van der Waals surface area contributed by atoms with E-state index < -0.39 is 10.0 Å². The number of nitrogens with one attached hydrogen (secondary N) is 1. The Morgan fingerprint density at radius 1 is 1.22 bits per heavy atom. The second-order valence-corrected chi connectivity index (χ2v) is 6.69. The molecule has 1 atom stereocenters. The highest BCUT2D eigenvalue weighted by Gasteiger charge is 2.17. The van der Waals surface area contributed by atoms with E-state index in [1.807, 2.05) is 39.0 Å². The van der Waals surface area contributed by atoms with Gasteiger partial charge in [0.25, 0.3) is 0 Å². The fraction of sp³-hybridized carbons (Fsp3) is 0.538. The Labute approximate surface area is 110 Å². The monoisotopic (exact) mass is 270 g/mol. The molecule has 0 bridgehead atoms. The van der Waals surface area contributed by atoms with Crippen LogP contribution in [0.2, 0.25) is 0 Å². The molecule has 102 valence electrons. The lowest BCUT2D eigenvalue weighted by Crippen LogP contribution is -2.36. The van der Waals surface area contributed by atoms with Crippen LogP contribution < -0.4 is 10.5 Å². The van der Waals surface area contributed by atoms with E-state index in [2.05, 4.69) is 4.72 Å². The Bertz CT molecular complexity index is 484. The number of hydrogen-bond acceptors (Lipinski definition) is 3. The van der Waals surface area contributed by atoms with Crippen LogP contribution in [0.25, 0.3) is 0 Å². The Morgan fingerprint density at radius 2 is 1.83 bits per heavy atom. The number of benzene rings is 1. The van der Waals surface area contributed by atoms with Gasteiger partial charge in [-0.2, -0.15) is 0 Å². The third kappa shape index (κ3) is 4.76. The maximum Gasteiger partial charge on any atom is 0.216 e. The van der Waals surface area contributed by atoms with Crippen LogP contribution >= 0.6 is 0 Å². The van der Waals surface area contributed by atoms with Crippen molar-refractivity contribution in [2.24, 2.45) is 11.7 Å². The van der Waals surface area contributed by atoms with Gasteiger partial charge in [-0.25, -0.2) is 13.1 Å². The summed E-state index contributed by atoms with van der Waals surface area (Å²) in [5, 5.41) is 0. The van der Waals surface area contributed by atoms with E-state index in [-0.39, 0.29) is 17.7 Å². The summed E-state index contributed by atoms with van der Waals surface area (Å²) >= 11 is 0. The number of nitrogens with two attached hydrogens (primary N) is 1. The molecule has 4 nitrogen and oxygen atoms in total. The van der Waals surface area contributed by atoms with Crippen molar-refractivity contribution in [3.05, 3.63) is 35.4 Å². The van der Waals surface area contributed by atoms with E-state index >= 15 is 0 Å². The van der Waals surface area contributed by atoms with Gasteiger partial charge in [-0.1, -0.05) is 38.1 Å². The van der Waals surface area contributed by atoms with E-state index in [1.54, 1.807) is 6.07 Å². The van der Waals surface area contributed by atoms with Crippen LogP contribution in [0.1, 0.15) is 31.9 Å². The molecule has 0 aliphatic heterocycles. The van der Waals surface area contributed by atoms with Gasteiger partial charge in [0, 0.05) is 12.6 Å². The highest BCUT2D eigenvalue weighted by Crippen LogP contribution is 2.10. The molecule has 18 heavy (non-hydrogen) atoms. The van der Waals surface area contributed by atoms with Crippen molar-refractivity contribution < 1.29 is 8.42 Å². The Hall–Kier alpha value is -0.910. The van der Waals surface area contributed by atoms with Crippen LogP contribution in [0.3, 0.4) is 0 Å². The van der Waals surface area contributed by atoms with Gasteiger partial charge in [0.15, 0.2) is 0 Å². The van der Waals surface area contributed by atoms with Crippen molar-refractivity contribution in [3.8, 4) is 0 Å². The number of sulfonamides is 1. The highest BCUT2D eigenvalue weighted by atomic mass is 32.2. The van der Waals surface area contributed by atoms with Gasteiger partial charge in [-0.15, -0.1) is 0 Å². The van der Waals surface area contributed by atoms with Crippen molar-refractivity contribution in [1.29, 1.82) is 0 Å². The molecule has 1 rings (SSSR count). The molecule has 3 N–H and O–H groups in total. The lowest BCUT2D eigenvalue weighted by atomic mass is 10.1. The van der Waals surface area contributed by atoms with Crippen LogP contribution in [0.15, 0.2) is 24.3 Å². The summed E-state index contributed by atoms with van der Waals surface area (Å²) in [6.07, 6.45) is 0. The van der Waals surface area contributed by atoms with Crippen molar-refractivity contribution in [1.82, 2.24) is 4.72 Å². The maximum absolute atomic E-state index is 12.0. The molecule has 1 unspecified atom stereocenters. The summed E-state index contributed by atoms with van der Waals surface area (Å²) in [6.45, 7) is 6.27. The first-order chi connectivity index (χ1) is 8.34. The van der Waals surface area contributed by atoms with Gasteiger partial charge in [0.2, 0.25) is 10.0 Å². The molecule has 0 saturated heterocycles. The molecule has 5 heteroatoms. The molecule has 0 amide bonds. The Morgan fingerprint density at radius 3 is 2.39 bits per heavy atom. The fourth-order valence-electron chi connectivity index (χ4n) is 1.53. The quantitative estimate of drug-likeness (QED) is 0.825. The third-order valence-corrected chi connectivity index (χ3v) is 4.39. The zero-order valence-corrected chi connectivity index (χ0v) is 12.0. The summed E-state index contributed by atoms with van der Waals surface area (Å²) in [7, 11) is -3.29. The fourth-order valence-corrected chi connectivity index (χ4v) is 3.07. The molecule has 0 saturated carbocycles. The molecule has 0 aliphatic rings. The second kappa shape index (κ2) is 6.31. The normalized spacial score (nSPS) is 13.8. The van der Waals surface area contributed by atoms with Crippen molar-refractivity contribution in [3.63, 3.8) is 0 Å². The van der Waals surface area contributed by atoms with Crippen LogP contribution in [0, 0.1) is 5.92 Å². The van der Waals surface area contributed by atoms with Gasteiger partial charge in [-0.3, -0.25) is 0 Å². The van der Waals surface area contributed by atoms with Crippen LogP contribution in [-0.4, -0.2) is 14.5 Å². The predicted octanol–water partition coefficient (Wildman–Crippen LogP) is 1.61. The third-order valence-electron chi connectivity index (χ3n) is 2.95. The summed E-state index contributed by atoms with van der Waals surface area (Å²) in [6, 6.07) is 7.30. The van der Waals surface area contributed by atoms with E-state index in [0.717, 1.165) is 11.1 Å². The van der Waals surface area contributed by atoms with E-state index in [1.165, 1.54) is 0 Å². The first-order valence-electron chi connectivity index (χ1n) is 6.12. The standard InChI is InChI=1S/C13H22N2O2S/c1-10(2)11(3)15-18(16,17)9-13-6-4-5-12(7-13)8-14/h4-7,10-11,15H,8-9,14H2,1-3H3. The molecular formula is C13H22N2O2S. The maximum atomic E-state index is 12.0. The van der Waals surface area contributed by atoms with Crippen LogP contribution in [0.5, 0.6) is 0 Å². The lowest BCUT2D eigenvalue weighted by molar-refractivity contribution is 0.476. The smallest absolute Gasteiger partial charge is 0.216 e. The molecular weight excluding hydrogens is 248 g/mol. The molecule has 0 fully saturated rings. The van der Waals surface area contributed by atoms with Gasteiger partial charge < -0.3 is 5.73 Å². The predicted molar refractivity (Wildman–Crippen MR) is 74.4 cm³/mol. The van der Waals surface area contributed by atoms with Gasteiger partial charge in [-0.05, 0) is 24.0 Å². The van der Waals surface area contributed by atoms with E-state index in [9.17, 15) is 8.42 Å². The van der Waals surface area contributed by atoms with Gasteiger partial charge >= 0.3 is 0 Å². The number of hydrogen-bond donors (Lipinski definition) is 2. The minimum Gasteiger partial charge on any atom is -0.326 e. The summed E-state index contributed by atoms with van der Waals surface area (Å²) < 4.78 is 26.6. The second-order valence-electron chi connectivity index (χ2n) is 4.93. The van der Waals surface area contributed by atoms with E-state index in [4.69, 9.17) is 5.73 Å². The molecule has 0 aliphatic carbocycles. The first kappa shape index (κ1) is 15.1. The Kier molecular flexibility index (Phi) is 5.31. The Balaban J connectivity index is 2.76. The van der Waals surface area contributed by atoms with Crippen molar-refractivity contribution in [2.45, 2.75) is 39.1 Å². The SMILES string of the molecule is CC(C)C(C)NS(=O)(=O)Cc1cccc(CN)c1. The summed E-state index contributed by atoms with van der Waals surface area (Å²) in [5.41, 5.74) is 7.25. The molecule has 1 aromatic carbocycles. The van der Waals surface area contributed by atoms with Crippen molar-refractivity contribution in [2.75, 3.05) is 0 Å². The molecule has 0 aromatic heterocycles. The molecule has 0 spiro atoms. The zero-order chi connectivity index (χ0) is 13.8. The first-order valence-corrected chi connectivity index (χ1v) is 7.77. The highest BCUT2D eigenvalue weighted by molar-refractivity contribution is 7.88. The molecule has 0 radical (unpaired) electrons. The largest absolute Gasteiger partial charge is 0.326 e. The summed E-state index contributed by atoms with van der Waals surface area (Å²) in [4.78, 5) is 0.